The number of rotatable bonds is 5. The highest BCUT2D eigenvalue weighted by atomic mass is 16.3. The van der Waals surface area contributed by atoms with Gasteiger partial charge in [0.2, 0.25) is 5.91 Å². The number of nitrogens with one attached hydrogen (secondary N) is 1. The normalized spacial score (nSPS) is 13.9. The van der Waals surface area contributed by atoms with Gasteiger partial charge in [0.05, 0.1) is 6.42 Å². The topological polar surface area (TPSA) is 49.3 Å². The summed E-state index contributed by atoms with van der Waals surface area (Å²) in [4.78, 5) is 12.0. The predicted molar refractivity (Wildman–Crippen MR) is 85.4 cm³/mol. The average Bonchev–Trinajstić information content (AvgIpc) is 2.46. The second-order valence-electron chi connectivity index (χ2n) is 5.61. The van der Waals surface area contributed by atoms with Gasteiger partial charge in [-0.2, -0.15) is 0 Å². The molecule has 112 valence electrons. The van der Waals surface area contributed by atoms with Gasteiger partial charge in [-0.25, -0.2) is 0 Å². The van der Waals surface area contributed by atoms with E-state index in [0.717, 1.165) is 36.0 Å². The molecule has 3 nitrogen and oxygen atoms in total. The van der Waals surface area contributed by atoms with E-state index in [4.69, 9.17) is 0 Å². The lowest BCUT2D eigenvalue weighted by atomic mass is 10.0. The number of allylic oxidation sites excluding steroid dienone is 3. The van der Waals surface area contributed by atoms with Crippen molar-refractivity contribution in [2.45, 2.75) is 39.5 Å². The van der Waals surface area contributed by atoms with Gasteiger partial charge in [0.25, 0.3) is 0 Å². The maximum Gasteiger partial charge on any atom is 0.224 e. The monoisotopic (exact) mass is 285 g/mol. The first-order valence-electron chi connectivity index (χ1n) is 7.47. The molecule has 1 amide bonds. The summed E-state index contributed by atoms with van der Waals surface area (Å²) in [5.74, 6) is 0.343. The van der Waals surface area contributed by atoms with Crippen molar-refractivity contribution in [3.05, 3.63) is 52.6 Å². The van der Waals surface area contributed by atoms with Crippen LogP contribution in [0, 0.1) is 13.8 Å². The highest BCUT2D eigenvalue weighted by Gasteiger charge is 2.08. The Labute approximate surface area is 126 Å². The first-order chi connectivity index (χ1) is 10.1. The predicted octanol–water partition coefficient (Wildman–Crippen LogP) is 3.33. The van der Waals surface area contributed by atoms with Crippen LogP contribution >= 0.6 is 0 Å². The van der Waals surface area contributed by atoms with Gasteiger partial charge in [-0.1, -0.05) is 35.9 Å². The van der Waals surface area contributed by atoms with Crippen LogP contribution in [0.3, 0.4) is 0 Å². The molecule has 2 rings (SSSR count). The Morgan fingerprint density at radius 3 is 2.57 bits per heavy atom. The second-order valence-corrected chi connectivity index (χ2v) is 5.61. The Morgan fingerprint density at radius 2 is 1.95 bits per heavy atom. The van der Waals surface area contributed by atoms with Crippen LogP contribution in [0.1, 0.15) is 36.0 Å². The largest absolute Gasteiger partial charge is 0.507 e. The van der Waals surface area contributed by atoms with Crippen LogP contribution in [0.15, 0.2) is 35.9 Å². The minimum atomic E-state index is 0.0277. The maximum absolute atomic E-state index is 12.0. The van der Waals surface area contributed by atoms with E-state index in [9.17, 15) is 9.90 Å². The van der Waals surface area contributed by atoms with E-state index < -0.39 is 0 Å². The van der Waals surface area contributed by atoms with Gasteiger partial charge < -0.3 is 10.4 Å². The Kier molecular flexibility index (Phi) is 5.20. The maximum atomic E-state index is 12.0. The van der Waals surface area contributed by atoms with Crippen LogP contribution in [-0.2, 0) is 11.2 Å². The zero-order chi connectivity index (χ0) is 15.2. The van der Waals surface area contributed by atoms with Crippen molar-refractivity contribution in [3.63, 3.8) is 0 Å². The van der Waals surface area contributed by atoms with Crippen LogP contribution in [0.4, 0.5) is 0 Å². The molecule has 0 radical (unpaired) electrons. The van der Waals surface area contributed by atoms with Gasteiger partial charge in [0, 0.05) is 6.54 Å². The molecule has 0 unspecified atom stereocenters. The molecule has 3 heteroatoms. The molecule has 0 saturated heterocycles. The molecule has 0 aromatic heterocycles. The van der Waals surface area contributed by atoms with Crippen molar-refractivity contribution in [2.24, 2.45) is 0 Å². The van der Waals surface area contributed by atoms with Crippen molar-refractivity contribution < 1.29 is 9.90 Å². The first-order valence-corrected chi connectivity index (χ1v) is 7.47. The third kappa shape index (κ3) is 4.48. The highest BCUT2D eigenvalue weighted by molar-refractivity contribution is 5.78. The Bertz CT molecular complexity index is 562. The van der Waals surface area contributed by atoms with Crippen molar-refractivity contribution in [1.82, 2.24) is 5.32 Å². The van der Waals surface area contributed by atoms with Gasteiger partial charge in [-0.3, -0.25) is 4.79 Å². The number of phenols is 1. The smallest absolute Gasteiger partial charge is 0.224 e. The zero-order valence-corrected chi connectivity index (χ0v) is 12.8. The molecule has 21 heavy (non-hydrogen) atoms. The molecule has 0 aliphatic heterocycles. The van der Waals surface area contributed by atoms with Crippen LogP contribution in [0.2, 0.25) is 0 Å². The van der Waals surface area contributed by atoms with Crippen molar-refractivity contribution in [2.75, 3.05) is 6.54 Å². The third-order valence-electron chi connectivity index (χ3n) is 3.72. The third-order valence-corrected chi connectivity index (χ3v) is 3.72. The van der Waals surface area contributed by atoms with Crippen molar-refractivity contribution in [1.29, 1.82) is 0 Å². The van der Waals surface area contributed by atoms with E-state index in [-0.39, 0.29) is 5.91 Å². The molecule has 1 aromatic rings. The summed E-state index contributed by atoms with van der Waals surface area (Å²) in [5.41, 5.74) is 3.88. The molecule has 0 bridgehead atoms. The lowest BCUT2D eigenvalue weighted by Gasteiger charge is -2.10. The van der Waals surface area contributed by atoms with Crippen LogP contribution in [0.25, 0.3) is 0 Å². The fraction of sp³-hybridized carbons (Fsp3) is 0.389. The fourth-order valence-corrected chi connectivity index (χ4v) is 2.59. The number of phenolic OH excluding ortho intramolecular Hbond substituents is 1. The lowest BCUT2D eigenvalue weighted by molar-refractivity contribution is -0.120. The molecule has 0 heterocycles. The number of benzene rings is 1. The number of amides is 1. The highest BCUT2D eigenvalue weighted by Crippen LogP contribution is 2.23. The number of carbonyl (C=O) groups excluding carboxylic acids is 1. The number of hydrogen-bond donors (Lipinski definition) is 2. The Morgan fingerprint density at radius 1 is 1.24 bits per heavy atom. The molecule has 0 spiro atoms. The minimum absolute atomic E-state index is 0.0277. The minimum Gasteiger partial charge on any atom is -0.507 e. The van der Waals surface area contributed by atoms with Crippen molar-refractivity contribution >= 4 is 5.91 Å². The van der Waals surface area contributed by atoms with Crippen LogP contribution in [0.5, 0.6) is 5.75 Å². The molecule has 2 N–H and O–H groups in total. The molecular formula is C18H23NO2. The first kappa shape index (κ1) is 15.4. The van der Waals surface area contributed by atoms with Crippen LogP contribution in [-0.4, -0.2) is 17.6 Å². The van der Waals surface area contributed by atoms with Gasteiger partial charge in [0.15, 0.2) is 0 Å². The summed E-state index contributed by atoms with van der Waals surface area (Å²) >= 11 is 0. The van der Waals surface area contributed by atoms with E-state index in [1.54, 1.807) is 0 Å². The number of aryl methyl sites for hydroxylation is 2. The number of aromatic hydroxyl groups is 1. The van der Waals surface area contributed by atoms with E-state index in [1.165, 1.54) is 5.57 Å². The lowest BCUT2D eigenvalue weighted by Crippen LogP contribution is -2.26. The second kappa shape index (κ2) is 7.11. The molecule has 1 aliphatic rings. The molecule has 0 saturated carbocycles. The van der Waals surface area contributed by atoms with Gasteiger partial charge in [-0.15, -0.1) is 0 Å². The molecule has 0 fully saturated rings. The standard InChI is InChI=1S/C18H23NO2/c1-13-10-16(11-14(2)18(13)21)12-17(20)19-9-8-15-6-4-3-5-7-15/h4,6-7,10-11,21H,3,5,8-9,12H2,1-2H3,(H,19,20). The van der Waals surface area contributed by atoms with Crippen LogP contribution < -0.4 is 5.32 Å². The average molecular weight is 285 g/mol. The summed E-state index contributed by atoms with van der Waals surface area (Å²) < 4.78 is 0. The molecule has 1 aromatic carbocycles. The summed E-state index contributed by atoms with van der Waals surface area (Å²) in [6, 6.07) is 3.74. The SMILES string of the molecule is Cc1cc(CC(=O)NCCC2=CCCC=C2)cc(C)c1O. The summed E-state index contributed by atoms with van der Waals surface area (Å²) in [6.07, 6.45) is 10.0. The number of carbonyl (C=O) groups is 1. The quantitative estimate of drug-likeness (QED) is 0.871. The molecule has 0 atom stereocenters. The zero-order valence-electron chi connectivity index (χ0n) is 12.8. The van der Waals surface area contributed by atoms with Crippen molar-refractivity contribution in [3.8, 4) is 5.75 Å². The van der Waals surface area contributed by atoms with E-state index >= 15 is 0 Å². The van der Waals surface area contributed by atoms with Gasteiger partial charge in [0.1, 0.15) is 5.75 Å². The summed E-state index contributed by atoms with van der Waals surface area (Å²) in [7, 11) is 0. The molecular weight excluding hydrogens is 262 g/mol. The van der Waals surface area contributed by atoms with E-state index in [1.807, 2.05) is 26.0 Å². The van der Waals surface area contributed by atoms with Gasteiger partial charge in [-0.05, 0) is 49.8 Å². The fourth-order valence-electron chi connectivity index (χ4n) is 2.59. The van der Waals surface area contributed by atoms with Gasteiger partial charge >= 0.3 is 0 Å². The Hall–Kier alpha value is -2.03. The summed E-state index contributed by atoms with van der Waals surface area (Å²) in [5, 5.41) is 12.7. The Balaban J connectivity index is 1.82. The summed E-state index contributed by atoms with van der Waals surface area (Å²) in [6.45, 7) is 4.38. The van der Waals surface area contributed by atoms with E-state index in [0.29, 0.717) is 18.7 Å². The molecule has 1 aliphatic carbocycles. The van der Waals surface area contributed by atoms with E-state index in [2.05, 4.69) is 23.5 Å². The number of hydrogen-bond acceptors (Lipinski definition) is 2.